The number of rotatable bonds is 3. The molecule has 1 amide bonds. The Hall–Kier alpha value is -1.10. The highest BCUT2D eigenvalue weighted by Gasteiger charge is 2.09. The van der Waals surface area contributed by atoms with Gasteiger partial charge in [-0.05, 0) is 35.9 Å². The third-order valence-corrected chi connectivity index (χ3v) is 3.80. The minimum Gasteiger partial charge on any atom is -0.326 e. The van der Waals surface area contributed by atoms with Crippen molar-refractivity contribution in [2.75, 3.05) is 5.32 Å². The second kappa shape index (κ2) is 6.57. The molecule has 0 spiro atoms. The van der Waals surface area contributed by atoms with Gasteiger partial charge < -0.3 is 5.32 Å². The van der Waals surface area contributed by atoms with Crippen molar-refractivity contribution >= 4 is 50.7 Å². The topological polar surface area (TPSA) is 29.1 Å². The van der Waals surface area contributed by atoms with E-state index >= 15 is 0 Å². The van der Waals surface area contributed by atoms with Crippen LogP contribution in [-0.4, -0.2) is 5.91 Å². The first-order valence-corrected chi connectivity index (χ1v) is 7.19. The molecule has 0 fully saturated rings. The molecule has 104 valence electrons. The van der Waals surface area contributed by atoms with E-state index in [0.717, 1.165) is 0 Å². The Labute approximate surface area is 134 Å². The average molecular weight is 377 g/mol. The molecule has 0 saturated heterocycles. The molecule has 2 aromatic rings. The van der Waals surface area contributed by atoms with Crippen molar-refractivity contribution in [3.63, 3.8) is 0 Å². The van der Waals surface area contributed by atoms with Gasteiger partial charge in [0.2, 0.25) is 5.91 Å². The lowest BCUT2D eigenvalue weighted by Gasteiger charge is -2.07. The minimum atomic E-state index is -0.427. The quantitative estimate of drug-likeness (QED) is 0.795. The van der Waals surface area contributed by atoms with Crippen molar-refractivity contribution in [1.29, 1.82) is 0 Å². The van der Waals surface area contributed by atoms with Crippen molar-refractivity contribution in [2.45, 2.75) is 6.42 Å². The van der Waals surface area contributed by atoms with E-state index in [2.05, 4.69) is 21.2 Å². The molecular formula is C14H9BrCl2FNO. The maximum absolute atomic E-state index is 13.6. The molecule has 0 aliphatic rings. The van der Waals surface area contributed by atoms with Crippen LogP contribution in [0.15, 0.2) is 40.9 Å². The third-order valence-electron chi connectivity index (χ3n) is 2.57. The van der Waals surface area contributed by atoms with Crippen LogP contribution in [-0.2, 0) is 11.2 Å². The molecule has 1 N–H and O–H groups in total. The first kappa shape index (κ1) is 15.3. The molecule has 0 bridgehead atoms. The first-order chi connectivity index (χ1) is 9.45. The molecule has 0 saturated carbocycles. The summed E-state index contributed by atoms with van der Waals surface area (Å²) in [7, 11) is 0. The van der Waals surface area contributed by atoms with Crippen LogP contribution in [0.1, 0.15) is 5.56 Å². The summed E-state index contributed by atoms with van der Waals surface area (Å²) in [6, 6.07) is 9.32. The molecule has 2 rings (SSSR count). The van der Waals surface area contributed by atoms with Gasteiger partial charge in [0.1, 0.15) is 5.82 Å². The standard InChI is InChI=1S/C14H9BrCl2FNO/c15-9-2-1-8(13(18)6-9)5-14(20)19-10-3-4-11(16)12(17)7-10/h1-4,6-7H,5H2,(H,19,20). The van der Waals surface area contributed by atoms with E-state index in [0.29, 0.717) is 25.8 Å². The van der Waals surface area contributed by atoms with Gasteiger partial charge in [-0.15, -0.1) is 0 Å². The summed E-state index contributed by atoms with van der Waals surface area (Å²) in [5.74, 6) is -0.756. The Bertz CT molecular complexity index is 664. The van der Waals surface area contributed by atoms with Crippen LogP contribution in [0.5, 0.6) is 0 Å². The predicted octanol–water partition coefficient (Wildman–Crippen LogP) is 5.08. The number of nitrogens with one attached hydrogen (secondary N) is 1. The van der Waals surface area contributed by atoms with Crippen LogP contribution >= 0.6 is 39.1 Å². The number of hydrogen-bond donors (Lipinski definition) is 1. The molecule has 0 heterocycles. The third kappa shape index (κ3) is 3.95. The summed E-state index contributed by atoms with van der Waals surface area (Å²) in [5.41, 5.74) is 0.840. The van der Waals surface area contributed by atoms with Crippen molar-refractivity contribution in [2.24, 2.45) is 0 Å². The maximum Gasteiger partial charge on any atom is 0.228 e. The van der Waals surface area contributed by atoms with Gasteiger partial charge in [0.05, 0.1) is 16.5 Å². The lowest BCUT2D eigenvalue weighted by atomic mass is 10.1. The van der Waals surface area contributed by atoms with Crippen LogP contribution in [0.2, 0.25) is 10.0 Å². The Balaban J connectivity index is 2.07. The fourth-order valence-electron chi connectivity index (χ4n) is 1.62. The largest absolute Gasteiger partial charge is 0.326 e. The van der Waals surface area contributed by atoms with Gasteiger partial charge >= 0.3 is 0 Å². The van der Waals surface area contributed by atoms with E-state index in [-0.39, 0.29) is 12.3 Å². The summed E-state index contributed by atoms with van der Waals surface area (Å²) < 4.78 is 14.2. The van der Waals surface area contributed by atoms with Crippen LogP contribution in [0.3, 0.4) is 0 Å². The van der Waals surface area contributed by atoms with Gasteiger partial charge in [-0.2, -0.15) is 0 Å². The SMILES string of the molecule is O=C(Cc1ccc(Br)cc1F)Nc1ccc(Cl)c(Cl)c1. The number of amides is 1. The number of anilines is 1. The highest BCUT2D eigenvalue weighted by atomic mass is 79.9. The maximum atomic E-state index is 13.6. The molecule has 20 heavy (non-hydrogen) atoms. The fourth-order valence-corrected chi connectivity index (χ4v) is 2.25. The fraction of sp³-hybridized carbons (Fsp3) is 0.0714. The number of hydrogen-bond acceptors (Lipinski definition) is 1. The second-order valence-electron chi connectivity index (χ2n) is 4.09. The summed E-state index contributed by atoms with van der Waals surface area (Å²) in [4.78, 5) is 11.8. The smallest absolute Gasteiger partial charge is 0.228 e. The van der Waals surface area contributed by atoms with Crippen LogP contribution in [0.25, 0.3) is 0 Å². The average Bonchev–Trinajstić information content (AvgIpc) is 2.37. The van der Waals surface area contributed by atoms with E-state index in [1.807, 2.05) is 0 Å². The molecule has 0 radical (unpaired) electrons. The van der Waals surface area contributed by atoms with Gasteiger partial charge in [-0.25, -0.2) is 4.39 Å². The monoisotopic (exact) mass is 375 g/mol. The Morgan fingerprint density at radius 1 is 1.15 bits per heavy atom. The lowest BCUT2D eigenvalue weighted by molar-refractivity contribution is -0.115. The van der Waals surface area contributed by atoms with Gasteiger partial charge in [-0.3, -0.25) is 4.79 Å². The Morgan fingerprint density at radius 3 is 2.55 bits per heavy atom. The zero-order valence-corrected chi connectivity index (χ0v) is 13.2. The zero-order chi connectivity index (χ0) is 14.7. The lowest BCUT2D eigenvalue weighted by Crippen LogP contribution is -2.15. The molecule has 0 atom stereocenters. The normalized spacial score (nSPS) is 10.4. The van der Waals surface area contributed by atoms with Crippen LogP contribution in [0.4, 0.5) is 10.1 Å². The van der Waals surface area contributed by atoms with Crippen LogP contribution in [0, 0.1) is 5.82 Å². The Morgan fingerprint density at radius 2 is 1.90 bits per heavy atom. The molecule has 2 aromatic carbocycles. The molecule has 0 aliphatic carbocycles. The van der Waals surface area contributed by atoms with Gasteiger partial charge in [0.25, 0.3) is 0 Å². The minimum absolute atomic E-state index is 0.0562. The van der Waals surface area contributed by atoms with E-state index < -0.39 is 5.82 Å². The van der Waals surface area contributed by atoms with E-state index in [1.165, 1.54) is 6.07 Å². The second-order valence-corrected chi connectivity index (χ2v) is 5.82. The number of carbonyl (C=O) groups is 1. The molecule has 2 nitrogen and oxygen atoms in total. The molecule has 0 unspecified atom stereocenters. The summed E-state index contributed by atoms with van der Waals surface area (Å²) in [6.45, 7) is 0. The van der Waals surface area contributed by atoms with Crippen molar-refractivity contribution < 1.29 is 9.18 Å². The Kier molecular flexibility index (Phi) is 5.02. The first-order valence-electron chi connectivity index (χ1n) is 5.64. The predicted molar refractivity (Wildman–Crippen MR) is 82.9 cm³/mol. The summed E-state index contributed by atoms with van der Waals surface area (Å²) in [5, 5.41) is 3.39. The van der Waals surface area contributed by atoms with E-state index in [1.54, 1.807) is 30.3 Å². The molecule has 6 heteroatoms. The van der Waals surface area contributed by atoms with Crippen molar-refractivity contribution in [1.82, 2.24) is 0 Å². The highest BCUT2D eigenvalue weighted by molar-refractivity contribution is 9.10. The summed E-state index contributed by atoms with van der Waals surface area (Å²) in [6.07, 6.45) is -0.0562. The molecule has 0 aliphatic heterocycles. The van der Waals surface area contributed by atoms with E-state index in [4.69, 9.17) is 23.2 Å². The van der Waals surface area contributed by atoms with Gasteiger partial charge in [-0.1, -0.05) is 45.2 Å². The number of halogens is 4. The van der Waals surface area contributed by atoms with Gasteiger partial charge in [0, 0.05) is 10.2 Å². The highest BCUT2D eigenvalue weighted by Crippen LogP contribution is 2.25. The zero-order valence-electron chi connectivity index (χ0n) is 10.1. The van der Waals surface area contributed by atoms with Crippen molar-refractivity contribution in [3.8, 4) is 0 Å². The van der Waals surface area contributed by atoms with E-state index in [9.17, 15) is 9.18 Å². The summed E-state index contributed by atoms with van der Waals surface area (Å²) >= 11 is 14.8. The van der Waals surface area contributed by atoms with Gasteiger partial charge in [0.15, 0.2) is 0 Å². The molecular weight excluding hydrogens is 368 g/mol. The van der Waals surface area contributed by atoms with Crippen LogP contribution < -0.4 is 5.32 Å². The number of benzene rings is 2. The van der Waals surface area contributed by atoms with Crippen molar-refractivity contribution in [3.05, 3.63) is 62.3 Å². The molecule has 0 aromatic heterocycles. The number of carbonyl (C=O) groups excluding carboxylic acids is 1.